The van der Waals surface area contributed by atoms with Gasteiger partial charge >= 0.3 is 12.1 Å². The van der Waals surface area contributed by atoms with Gasteiger partial charge in [0.25, 0.3) is 0 Å². The Kier molecular flexibility index (Phi) is 6.59. The number of rotatable bonds is 6. The second-order valence-corrected chi connectivity index (χ2v) is 7.23. The minimum atomic E-state index is -4.54. The SMILES string of the molecule is CNc1ccccc1C(=O)OCc1csc(N(C(C)=O)c2cccc(C(F)(F)F)c2)n1. The van der Waals surface area contributed by atoms with Gasteiger partial charge in [-0.15, -0.1) is 11.3 Å². The predicted molar refractivity (Wildman–Crippen MR) is 111 cm³/mol. The van der Waals surface area contributed by atoms with Crippen LogP contribution >= 0.6 is 11.3 Å². The number of carbonyl (C=O) groups excluding carboxylic acids is 2. The number of hydrogen-bond acceptors (Lipinski definition) is 6. The van der Waals surface area contributed by atoms with Gasteiger partial charge in [-0.3, -0.25) is 9.69 Å². The fourth-order valence-electron chi connectivity index (χ4n) is 2.81. The number of esters is 1. The van der Waals surface area contributed by atoms with Crippen molar-refractivity contribution in [3.63, 3.8) is 0 Å². The van der Waals surface area contributed by atoms with Crippen molar-refractivity contribution in [3.05, 3.63) is 70.7 Å². The molecule has 0 aliphatic carbocycles. The Morgan fingerprint density at radius 3 is 2.58 bits per heavy atom. The third-order valence-electron chi connectivity index (χ3n) is 4.24. The smallest absolute Gasteiger partial charge is 0.416 e. The molecule has 0 radical (unpaired) electrons. The molecular formula is C21H18F3N3O3S. The average molecular weight is 449 g/mol. The van der Waals surface area contributed by atoms with E-state index in [1.165, 1.54) is 19.1 Å². The molecule has 10 heteroatoms. The number of anilines is 3. The van der Waals surface area contributed by atoms with Gasteiger partial charge in [-0.25, -0.2) is 9.78 Å². The van der Waals surface area contributed by atoms with Gasteiger partial charge in [-0.1, -0.05) is 18.2 Å². The Morgan fingerprint density at radius 1 is 1.16 bits per heavy atom. The van der Waals surface area contributed by atoms with Crippen LogP contribution in [0.3, 0.4) is 0 Å². The third-order valence-corrected chi connectivity index (χ3v) is 5.12. The van der Waals surface area contributed by atoms with Crippen molar-refractivity contribution in [2.75, 3.05) is 17.3 Å². The molecule has 1 aromatic heterocycles. The van der Waals surface area contributed by atoms with Crippen LogP contribution in [0.25, 0.3) is 0 Å². The second-order valence-electron chi connectivity index (χ2n) is 6.40. The molecule has 0 aliphatic heterocycles. The molecular weight excluding hydrogens is 431 g/mol. The molecule has 0 atom stereocenters. The summed E-state index contributed by atoms with van der Waals surface area (Å²) in [6.45, 7) is 1.08. The second kappa shape index (κ2) is 9.17. The van der Waals surface area contributed by atoms with Crippen LogP contribution in [0, 0.1) is 0 Å². The summed E-state index contributed by atoms with van der Waals surface area (Å²) in [5, 5.41) is 4.65. The number of hydrogen-bond donors (Lipinski definition) is 1. The molecule has 0 unspecified atom stereocenters. The van der Waals surface area contributed by atoms with Crippen molar-refractivity contribution in [3.8, 4) is 0 Å². The minimum absolute atomic E-state index is 0.0446. The summed E-state index contributed by atoms with van der Waals surface area (Å²) in [4.78, 5) is 29.8. The number of alkyl halides is 3. The molecule has 0 saturated carbocycles. The van der Waals surface area contributed by atoms with Gasteiger partial charge in [-0.2, -0.15) is 13.2 Å². The highest BCUT2D eigenvalue weighted by molar-refractivity contribution is 7.14. The highest BCUT2D eigenvalue weighted by Gasteiger charge is 2.31. The van der Waals surface area contributed by atoms with Crippen LogP contribution in [0.2, 0.25) is 0 Å². The van der Waals surface area contributed by atoms with Gasteiger partial charge in [-0.05, 0) is 30.3 Å². The monoisotopic (exact) mass is 449 g/mol. The van der Waals surface area contributed by atoms with Crippen molar-refractivity contribution < 1.29 is 27.5 Å². The Bertz CT molecular complexity index is 1100. The van der Waals surface area contributed by atoms with Crippen LogP contribution in [0.4, 0.5) is 29.7 Å². The van der Waals surface area contributed by atoms with Crippen LogP contribution in [-0.4, -0.2) is 23.9 Å². The number of nitrogens with zero attached hydrogens (tertiary/aromatic N) is 2. The number of aromatic nitrogens is 1. The largest absolute Gasteiger partial charge is 0.455 e. The lowest BCUT2D eigenvalue weighted by atomic mass is 10.2. The standard InChI is InChI=1S/C21H18F3N3O3S/c1-13(28)27(16-7-5-6-14(10-16)21(22,23)24)20-26-15(12-31-20)11-30-19(29)17-8-3-4-9-18(17)25-2/h3-10,12,25H,11H2,1-2H3. The first kappa shape index (κ1) is 22.3. The van der Waals surface area contributed by atoms with Crippen molar-refractivity contribution in [1.82, 2.24) is 4.98 Å². The number of thiazole rings is 1. The topological polar surface area (TPSA) is 71.5 Å². The maximum atomic E-state index is 13.0. The number of halogens is 3. The van der Waals surface area contributed by atoms with E-state index >= 15 is 0 Å². The van der Waals surface area contributed by atoms with Crippen LogP contribution in [-0.2, 0) is 22.3 Å². The zero-order valence-electron chi connectivity index (χ0n) is 16.6. The predicted octanol–water partition coefficient (Wildman–Crippen LogP) is 5.25. The molecule has 3 rings (SSSR count). The number of nitrogens with one attached hydrogen (secondary N) is 1. The van der Waals surface area contributed by atoms with Gasteiger partial charge in [0.1, 0.15) is 6.61 Å². The fourth-order valence-corrected chi connectivity index (χ4v) is 3.68. The fraction of sp³-hybridized carbons (Fsp3) is 0.190. The van der Waals surface area contributed by atoms with E-state index in [0.29, 0.717) is 16.9 Å². The maximum Gasteiger partial charge on any atom is 0.416 e. The summed E-state index contributed by atoms with van der Waals surface area (Å²) >= 11 is 1.06. The highest BCUT2D eigenvalue weighted by Crippen LogP contribution is 2.35. The van der Waals surface area contributed by atoms with Gasteiger partial charge in [0.05, 0.1) is 22.5 Å². The number of ether oxygens (including phenoxy) is 1. The van der Waals surface area contributed by atoms with Crippen LogP contribution in [0.5, 0.6) is 0 Å². The van der Waals surface area contributed by atoms with E-state index in [1.54, 1.807) is 36.7 Å². The maximum absolute atomic E-state index is 13.0. The van der Waals surface area contributed by atoms with E-state index in [-0.39, 0.29) is 17.4 Å². The molecule has 2 aromatic carbocycles. The lowest BCUT2D eigenvalue weighted by Gasteiger charge is -2.19. The molecule has 0 saturated heterocycles. The summed E-state index contributed by atoms with van der Waals surface area (Å²) in [5.41, 5.74) is 0.510. The molecule has 1 N–H and O–H groups in total. The zero-order chi connectivity index (χ0) is 22.6. The van der Waals surface area contributed by atoms with E-state index in [2.05, 4.69) is 10.3 Å². The number of benzene rings is 2. The average Bonchev–Trinajstić information content (AvgIpc) is 3.19. The number of amides is 1. The Balaban J connectivity index is 1.78. The molecule has 0 fully saturated rings. The van der Waals surface area contributed by atoms with E-state index in [9.17, 15) is 22.8 Å². The first-order valence-electron chi connectivity index (χ1n) is 9.07. The Labute approximate surface area is 180 Å². The number of para-hydroxylation sites is 1. The summed E-state index contributed by atoms with van der Waals surface area (Å²) in [5.74, 6) is -1.05. The molecule has 1 amide bonds. The van der Waals surface area contributed by atoms with Gasteiger partial charge in [0.15, 0.2) is 5.13 Å². The first-order chi connectivity index (χ1) is 14.7. The quantitative estimate of drug-likeness (QED) is 0.521. The van der Waals surface area contributed by atoms with Crippen molar-refractivity contribution in [1.29, 1.82) is 0 Å². The molecule has 0 bridgehead atoms. The zero-order valence-corrected chi connectivity index (χ0v) is 17.4. The van der Waals surface area contributed by atoms with Crippen LogP contribution in [0.1, 0.15) is 28.5 Å². The molecule has 6 nitrogen and oxygen atoms in total. The van der Waals surface area contributed by atoms with Gasteiger partial charge in [0.2, 0.25) is 5.91 Å². The van der Waals surface area contributed by atoms with E-state index in [4.69, 9.17) is 4.74 Å². The molecule has 1 heterocycles. The molecule has 3 aromatic rings. The van der Waals surface area contributed by atoms with Gasteiger partial charge in [0, 0.05) is 25.0 Å². The van der Waals surface area contributed by atoms with Crippen LogP contribution < -0.4 is 10.2 Å². The molecule has 162 valence electrons. The lowest BCUT2D eigenvalue weighted by molar-refractivity contribution is -0.137. The Hall–Kier alpha value is -3.40. The summed E-state index contributed by atoms with van der Waals surface area (Å²) in [6, 6.07) is 11.3. The van der Waals surface area contributed by atoms with Crippen molar-refractivity contribution in [2.45, 2.75) is 19.7 Å². The van der Waals surface area contributed by atoms with E-state index in [1.807, 2.05) is 0 Å². The van der Waals surface area contributed by atoms with Crippen LogP contribution in [0.15, 0.2) is 53.9 Å². The normalized spacial score (nSPS) is 11.1. The van der Waals surface area contributed by atoms with Crippen molar-refractivity contribution >= 4 is 39.7 Å². The first-order valence-corrected chi connectivity index (χ1v) is 9.95. The number of carbonyl (C=O) groups is 2. The summed E-state index contributed by atoms with van der Waals surface area (Å²) < 4.78 is 44.4. The molecule has 31 heavy (non-hydrogen) atoms. The van der Waals surface area contributed by atoms with Gasteiger partial charge < -0.3 is 10.1 Å². The minimum Gasteiger partial charge on any atom is -0.455 e. The summed E-state index contributed by atoms with van der Waals surface area (Å²) in [6.07, 6.45) is -4.54. The molecule has 0 spiro atoms. The van der Waals surface area contributed by atoms with Crippen molar-refractivity contribution in [2.24, 2.45) is 0 Å². The highest BCUT2D eigenvalue weighted by atomic mass is 32.1. The van der Waals surface area contributed by atoms with E-state index < -0.39 is 23.6 Å². The third kappa shape index (κ3) is 5.21. The lowest BCUT2D eigenvalue weighted by Crippen LogP contribution is -2.23. The Morgan fingerprint density at radius 2 is 1.90 bits per heavy atom. The molecule has 0 aliphatic rings. The summed E-state index contributed by atoms with van der Waals surface area (Å²) in [7, 11) is 1.68. The van der Waals surface area contributed by atoms with E-state index in [0.717, 1.165) is 28.4 Å².